The highest BCUT2D eigenvalue weighted by Gasteiger charge is 2.13. The molecule has 0 radical (unpaired) electrons. The van der Waals surface area contributed by atoms with Crippen molar-refractivity contribution in [2.45, 2.75) is 39.2 Å². The standard InChI is InChI=1S/C13H19Cl2N/c1-3-9(4-2)5-13(16)10-6-11(14)8-12(15)7-10/h6-9,13H,3-5,16H2,1-2H3. The molecule has 0 aromatic heterocycles. The monoisotopic (exact) mass is 259 g/mol. The SMILES string of the molecule is CCC(CC)CC(N)c1cc(Cl)cc(Cl)c1. The van der Waals surface area contributed by atoms with Crippen LogP contribution in [0.4, 0.5) is 0 Å². The van der Waals surface area contributed by atoms with E-state index in [2.05, 4.69) is 13.8 Å². The highest BCUT2D eigenvalue weighted by atomic mass is 35.5. The van der Waals surface area contributed by atoms with Crippen LogP contribution in [0, 0.1) is 5.92 Å². The summed E-state index contributed by atoms with van der Waals surface area (Å²) in [6, 6.07) is 5.57. The Labute approximate surface area is 108 Å². The van der Waals surface area contributed by atoms with Crippen molar-refractivity contribution in [2.24, 2.45) is 11.7 Å². The molecule has 90 valence electrons. The second-order valence-corrected chi connectivity index (χ2v) is 5.10. The Kier molecular flexibility index (Phi) is 5.60. The largest absolute Gasteiger partial charge is 0.324 e. The maximum atomic E-state index is 6.17. The first-order chi connectivity index (χ1) is 7.56. The molecular weight excluding hydrogens is 241 g/mol. The van der Waals surface area contributed by atoms with Crippen molar-refractivity contribution in [3.63, 3.8) is 0 Å². The van der Waals surface area contributed by atoms with Gasteiger partial charge in [0.2, 0.25) is 0 Å². The van der Waals surface area contributed by atoms with Gasteiger partial charge in [0, 0.05) is 16.1 Å². The molecule has 0 aliphatic carbocycles. The second kappa shape index (κ2) is 6.48. The van der Waals surface area contributed by atoms with Crippen LogP contribution in [0.1, 0.15) is 44.7 Å². The minimum atomic E-state index is 0.0288. The first-order valence-corrected chi connectivity index (χ1v) is 6.54. The van der Waals surface area contributed by atoms with Crippen molar-refractivity contribution >= 4 is 23.2 Å². The van der Waals surface area contributed by atoms with E-state index in [0.29, 0.717) is 16.0 Å². The van der Waals surface area contributed by atoms with Crippen molar-refractivity contribution < 1.29 is 0 Å². The molecule has 0 aliphatic heterocycles. The minimum absolute atomic E-state index is 0.0288. The van der Waals surface area contributed by atoms with E-state index >= 15 is 0 Å². The Morgan fingerprint density at radius 2 is 1.56 bits per heavy atom. The Morgan fingerprint density at radius 1 is 1.06 bits per heavy atom. The van der Waals surface area contributed by atoms with Gasteiger partial charge in [-0.2, -0.15) is 0 Å². The molecule has 16 heavy (non-hydrogen) atoms. The lowest BCUT2D eigenvalue weighted by Gasteiger charge is -2.19. The Balaban J connectivity index is 2.75. The van der Waals surface area contributed by atoms with Gasteiger partial charge in [-0.15, -0.1) is 0 Å². The van der Waals surface area contributed by atoms with E-state index in [1.807, 2.05) is 12.1 Å². The number of nitrogens with two attached hydrogens (primary N) is 1. The fraction of sp³-hybridized carbons (Fsp3) is 0.538. The topological polar surface area (TPSA) is 26.0 Å². The van der Waals surface area contributed by atoms with Crippen LogP contribution < -0.4 is 5.73 Å². The van der Waals surface area contributed by atoms with Crippen LogP contribution >= 0.6 is 23.2 Å². The van der Waals surface area contributed by atoms with Crippen molar-refractivity contribution in [2.75, 3.05) is 0 Å². The second-order valence-electron chi connectivity index (χ2n) is 4.23. The van der Waals surface area contributed by atoms with Crippen LogP contribution in [-0.4, -0.2) is 0 Å². The third-order valence-electron chi connectivity index (χ3n) is 3.06. The molecule has 0 saturated carbocycles. The van der Waals surface area contributed by atoms with E-state index < -0.39 is 0 Å². The molecule has 0 bridgehead atoms. The highest BCUT2D eigenvalue weighted by Crippen LogP contribution is 2.27. The summed E-state index contributed by atoms with van der Waals surface area (Å²) in [7, 11) is 0. The van der Waals surface area contributed by atoms with Gasteiger partial charge in [-0.3, -0.25) is 0 Å². The van der Waals surface area contributed by atoms with E-state index in [4.69, 9.17) is 28.9 Å². The summed E-state index contributed by atoms with van der Waals surface area (Å²) in [5, 5.41) is 1.31. The number of hydrogen-bond acceptors (Lipinski definition) is 1. The number of benzene rings is 1. The third-order valence-corrected chi connectivity index (χ3v) is 3.49. The summed E-state index contributed by atoms with van der Waals surface area (Å²) in [5.41, 5.74) is 7.20. The zero-order valence-electron chi connectivity index (χ0n) is 9.84. The number of hydrogen-bond donors (Lipinski definition) is 1. The van der Waals surface area contributed by atoms with Gasteiger partial charge in [0.15, 0.2) is 0 Å². The maximum Gasteiger partial charge on any atom is 0.0424 e. The molecule has 0 fully saturated rings. The smallest absolute Gasteiger partial charge is 0.0424 e. The molecule has 0 spiro atoms. The van der Waals surface area contributed by atoms with Crippen LogP contribution in [-0.2, 0) is 0 Å². The van der Waals surface area contributed by atoms with Gasteiger partial charge < -0.3 is 5.73 Å². The average Bonchev–Trinajstić information content (AvgIpc) is 2.24. The van der Waals surface area contributed by atoms with Crippen LogP contribution in [0.25, 0.3) is 0 Å². The van der Waals surface area contributed by atoms with Crippen molar-refractivity contribution in [3.8, 4) is 0 Å². The molecule has 1 aromatic rings. The lowest BCUT2D eigenvalue weighted by atomic mass is 9.92. The molecule has 1 nitrogen and oxygen atoms in total. The molecule has 0 amide bonds. The third kappa shape index (κ3) is 3.97. The summed E-state index contributed by atoms with van der Waals surface area (Å²) >= 11 is 11.9. The van der Waals surface area contributed by atoms with E-state index in [1.165, 1.54) is 12.8 Å². The predicted octanol–water partition coefficient (Wildman–Crippen LogP) is 4.82. The van der Waals surface area contributed by atoms with Crippen LogP contribution in [0.15, 0.2) is 18.2 Å². The van der Waals surface area contributed by atoms with Crippen molar-refractivity contribution in [3.05, 3.63) is 33.8 Å². The van der Waals surface area contributed by atoms with E-state index in [9.17, 15) is 0 Å². The highest BCUT2D eigenvalue weighted by molar-refractivity contribution is 6.34. The van der Waals surface area contributed by atoms with Gasteiger partial charge in [0.1, 0.15) is 0 Å². The Morgan fingerprint density at radius 3 is 2.00 bits per heavy atom. The molecule has 2 N–H and O–H groups in total. The van der Waals surface area contributed by atoms with Gasteiger partial charge in [-0.05, 0) is 36.1 Å². The molecule has 1 aromatic carbocycles. The maximum absolute atomic E-state index is 6.17. The Hall–Kier alpha value is -0.240. The van der Waals surface area contributed by atoms with Gasteiger partial charge in [-0.25, -0.2) is 0 Å². The van der Waals surface area contributed by atoms with Crippen LogP contribution in [0.2, 0.25) is 10.0 Å². The summed E-state index contributed by atoms with van der Waals surface area (Å²) in [6.45, 7) is 4.40. The fourth-order valence-electron chi connectivity index (χ4n) is 1.91. The molecule has 3 heteroatoms. The molecule has 1 unspecified atom stereocenters. The minimum Gasteiger partial charge on any atom is -0.324 e. The average molecular weight is 260 g/mol. The van der Waals surface area contributed by atoms with Crippen molar-refractivity contribution in [1.29, 1.82) is 0 Å². The van der Waals surface area contributed by atoms with Crippen molar-refractivity contribution in [1.82, 2.24) is 0 Å². The molecule has 0 aliphatic rings. The van der Waals surface area contributed by atoms with E-state index in [-0.39, 0.29) is 6.04 Å². The molecule has 1 rings (SSSR count). The lowest BCUT2D eigenvalue weighted by molar-refractivity contribution is 0.414. The fourth-order valence-corrected chi connectivity index (χ4v) is 2.45. The van der Waals surface area contributed by atoms with E-state index in [1.54, 1.807) is 6.07 Å². The normalized spacial score (nSPS) is 13.1. The summed E-state index contributed by atoms with van der Waals surface area (Å²) in [4.78, 5) is 0. The number of rotatable bonds is 5. The summed E-state index contributed by atoms with van der Waals surface area (Å²) in [5.74, 6) is 0.674. The summed E-state index contributed by atoms with van der Waals surface area (Å²) < 4.78 is 0. The zero-order valence-corrected chi connectivity index (χ0v) is 11.4. The molecule has 0 saturated heterocycles. The first kappa shape index (κ1) is 13.8. The Bertz CT molecular complexity index is 314. The molecule has 0 heterocycles. The first-order valence-electron chi connectivity index (χ1n) is 5.78. The van der Waals surface area contributed by atoms with Gasteiger partial charge in [0.05, 0.1) is 0 Å². The summed E-state index contributed by atoms with van der Waals surface area (Å²) in [6.07, 6.45) is 3.32. The van der Waals surface area contributed by atoms with Crippen LogP contribution in [0.3, 0.4) is 0 Å². The van der Waals surface area contributed by atoms with E-state index in [0.717, 1.165) is 12.0 Å². The van der Waals surface area contributed by atoms with Crippen LogP contribution in [0.5, 0.6) is 0 Å². The predicted molar refractivity (Wildman–Crippen MR) is 72.1 cm³/mol. The number of halogens is 2. The van der Waals surface area contributed by atoms with Gasteiger partial charge in [0.25, 0.3) is 0 Å². The van der Waals surface area contributed by atoms with Gasteiger partial charge in [-0.1, -0.05) is 49.9 Å². The molecule has 1 atom stereocenters. The lowest BCUT2D eigenvalue weighted by Crippen LogP contribution is -2.15. The molecular formula is C13H19Cl2N. The quantitative estimate of drug-likeness (QED) is 0.807. The zero-order chi connectivity index (χ0) is 12.1. The van der Waals surface area contributed by atoms with Gasteiger partial charge >= 0.3 is 0 Å².